The quantitative estimate of drug-likeness (QED) is 0.867. The Labute approximate surface area is 155 Å². The Hall–Kier alpha value is -1.66. The van der Waals surface area contributed by atoms with Gasteiger partial charge in [-0.3, -0.25) is 9.69 Å². The Balaban J connectivity index is 1.17. The molecule has 0 unspecified atom stereocenters. The van der Waals surface area contributed by atoms with Crippen LogP contribution in [0.4, 0.5) is 10.1 Å². The number of hydrogen-bond donors (Lipinski definition) is 1. The molecule has 6 heteroatoms. The van der Waals surface area contributed by atoms with Crippen molar-refractivity contribution in [2.24, 2.45) is 0 Å². The van der Waals surface area contributed by atoms with E-state index in [2.05, 4.69) is 20.0 Å². The second kappa shape index (κ2) is 7.92. The van der Waals surface area contributed by atoms with E-state index in [1.165, 1.54) is 25.0 Å². The summed E-state index contributed by atoms with van der Waals surface area (Å²) in [6.45, 7) is 6.23. The first-order valence-electron chi connectivity index (χ1n) is 9.94. The number of benzene rings is 1. The summed E-state index contributed by atoms with van der Waals surface area (Å²) in [5.74, 6) is -0.0443. The fourth-order valence-corrected chi connectivity index (χ4v) is 4.14. The van der Waals surface area contributed by atoms with Gasteiger partial charge in [-0.25, -0.2) is 4.39 Å². The number of carbonyl (C=O) groups excluding carboxylic acids is 1. The third-order valence-electron chi connectivity index (χ3n) is 5.89. The first kappa shape index (κ1) is 17.7. The van der Waals surface area contributed by atoms with Gasteiger partial charge in [0, 0.05) is 57.0 Å². The lowest BCUT2D eigenvalue weighted by atomic mass is 10.0. The van der Waals surface area contributed by atoms with Gasteiger partial charge >= 0.3 is 0 Å². The summed E-state index contributed by atoms with van der Waals surface area (Å²) in [6.07, 6.45) is 4.89. The van der Waals surface area contributed by atoms with Gasteiger partial charge in [0.2, 0.25) is 5.91 Å². The van der Waals surface area contributed by atoms with Gasteiger partial charge in [-0.2, -0.15) is 0 Å². The summed E-state index contributed by atoms with van der Waals surface area (Å²) >= 11 is 0. The maximum absolute atomic E-state index is 13.0. The lowest BCUT2D eigenvalue weighted by Gasteiger charge is -2.36. The minimum Gasteiger partial charge on any atom is -0.369 e. The molecule has 0 bridgehead atoms. The van der Waals surface area contributed by atoms with Crippen LogP contribution < -0.4 is 10.2 Å². The van der Waals surface area contributed by atoms with Crippen LogP contribution in [0.2, 0.25) is 0 Å². The molecule has 2 heterocycles. The zero-order chi connectivity index (χ0) is 17.9. The molecule has 0 aromatic heterocycles. The van der Waals surface area contributed by atoms with E-state index in [0.717, 1.165) is 63.8 Å². The molecule has 1 aromatic rings. The molecule has 142 valence electrons. The second-order valence-corrected chi connectivity index (χ2v) is 7.85. The van der Waals surface area contributed by atoms with E-state index in [-0.39, 0.29) is 11.7 Å². The van der Waals surface area contributed by atoms with Crippen LogP contribution in [0.25, 0.3) is 0 Å². The molecule has 0 spiro atoms. The highest BCUT2D eigenvalue weighted by Gasteiger charge is 2.32. The van der Waals surface area contributed by atoms with Crippen molar-refractivity contribution in [1.29, 1.82) is 0 Å². The molecule has 2 saturated heterocycles. The van der Waals surface area contributed by atoms with Crippen LogP contribution >= 0.6 is 0 Å². The van der Waals surface area contributed by atoms with Crippen LogP contribution in [0.15, 0.2) is 24.3 Å². The van der Waals surface area contributed by atoms with Crippen LogP contribution in [0.1, 0.15) is 25.7 Å². The van der Waals surface area contributed by atoms with Crippen molar-refractivity contribution in [3.8, 4) is 0 Å². The summed E-state index contributed by atoms with van der Waals surface area (Å²) in [6, 6.07) is 7.84. The van der Waals surface area contributed by atoms with Crippen molar-refractivity contribution in [3.05, 3.63) is 30.1 Å². The zero-order valence-electron chi connectivity index (χ0n) is 15.4. The molecule has 1 aromatic carbocycles. The standard InChI is InChI=1S/C20H29FN4O/c21-16-1-3-18(4-2-16)25-13-11-23(12-14-25)15-20(26)22-17-7-9-24(10-8-17)19-5-6-19/h1-4,17,19H,5-15H2,(H,22,26). The third kappa shape index (κ3) is 4.54. The smallest absolute Gasteiger partial charge is 0.234 e. The average molecular weight is 360 g/mol. The normalized spacial score (nSPS) is 23.2. The molecule has 2 aliphatic heterocycles. The first-order chi connectivity index (χ1) is 12.7. The highest BCUT2D eigenvalue weighted by Crippen LogP contribution is 2.29. The number of halogens is 1. The molecule has 0 radical (unpaired) electrons. The van der Waals surface area contributed by atoms with E-state index in [9.17, 15) is 9.18 Å². The van der Waals surface area contributed by atoms with E-state index in [4.69, 9.17) is 0 Å². The predicted octanol–water partition coefficient (Wildman–Crippen LogP) is 1.69. The number of piperidine rings is 1. The van der Waals surface area contributed by atoms with Crippen LogP contribution in [0, 0.1) is 5.82 Å². The largest absolute Gasteiger partial charge is 0.369 e. The highest BCUT2D eigenvalue weighted by atomic mass is 19.1. The number of carbonyl (C=O) groups is 1. The number of nitrogens with one attached hydrogen (secondary N) is 1. The summed E-state index contributed by atoms with van der Waals surface area (Å²) in [5, 5.41) is 3.23. The van der Waals surface area contributed by atoms with E-state index in [1.807, 2.05) is 12.1 Å². The molecule has 4 rings (SSSR count). The number of piperazine rings is 1. The van der Waals surface area contributed by atoms with Crippen molar-refractivity contribution < 1.29 is 9.18 Å². The Morgan fingerprint density at radius 1 is 0.962 bits per heavy atom. The van der Waals surface area contributed by atoms with Gasteiger partial charge in [-0.05, 0) is 49.9 Å². The Bertz CT molecular complexity index is 603. The fourth-order valence-electron chi connectivity index (χ4n) is 4.14. The Morgan fingerprint density at radius 3 is 2.23 bits per heavy atom. The van der Waals surface area contributed by atoms with Crippen molar-refractivity contribution in [3.63, 3.8) is 0 Å². The number of amides is 1. The first-order valence-corrected chi connectivity index (χ1v) is 9.94. The van der Waals surface area contributed by atoms with Crippen LogP contribution in [0.3, 0.4) is 0 Å². The van der Waals surface area contributed by atoms with Gasteiger partial charge in [0.15, 0.2) is 0 Å². The summed E-state index contributed by atoms with van der Waals surface area (Å²) in [5.41, 5.74) is 1.05. The zero-order valence-corrected chi connectivity index (χ0v) is 15.4. The molecule has 1 amide bonds. The van der Waals surface area contributed by atoms with E-state index >= 15 is 0 Å². The van der Waals surface area contributed by atoms with Crippen LogP contribution in [0.5, 0.6) is 0 Å². The van der Waals surface area contributed by atoms with Gasteiger partial charge in [0.25, 0.3) is 0 Å². The highest BCUT2D eigenvalue weighted by molar-refractivity contribution is 5.78. The molecule has 0 atom stereocenters. The summed E-state index contributed by atoms with van der Waals surface area (Å²) in [7, 11) is 0. The number of likely N-dealkylation sites (tertiary alicyclic amines) is 1. The maximum atomic E-state index is 13.0. The molecule has 5 nitrogen and oxygen atoms in total. The minimum absolute atomic E-state index is 0.158. The van der Waals surface area contributed by atoms with Gasteiger partial charge in [0.1, 0.15) is 5.82 Å². The lowest BCUT2D eigenvalue weighted by Crippen LogP contribution is -2.52. The molecule has 3 fully saturated rings. The summed E-state index contributed by atoms with van der Waals surface area (Å²) in [4.78, 5) is 19.4. The SMILES string of the molecule is O=C(CN1CCN(c2ccc(F)cc2)CC1)NC1CCN(C2CC2)CC1. The molecule has 1 N–H and O–H groups in total. The Morgan fingerprint density at radius 2 is 1.62 bits per heavy atom. The number of rotatable bonds is 5. The predicted molar refractivity (Wildman–Crippen MR) is 101 cm³/mol. The maximum Gasteiger partial charge on any atom is 0.234 e. The van der Waals surface area contributed by atoms with E-state index in [1.54, 1.807) is 0 Å². The van der Waals surface area contributed by atoms with Gasteiger partial charge in [0.05, 0.1) is 6.54 Å². The molecule has 3 aliphatic rings. The van der Waals surface area contributed by atoms with Crippen LogP contribution in [-0.2, 0) is 4.79 Å². The molecular formula is C20H29FN4O. The average Bonchev–Trinajstić information content (AvgIpc) is 3.49. The van der Waals surface area contributed by atoms with Gasteiger partial charge < -0.3 is 15.1 Å². The number of nitrogens with zero attached hydrogens (tertiary/aromatic N) is 3. The van der Waals surface area contributed by atoms with Gasteiger partial charge in [-0.1, -0.05) is 0 Å². The molecule has 1 aliphatic carbocycles. The lowest BCUT2D eigenvalue weighted by molar-refractivity contribution is -0.123. The fraction of sp³-hybridized carbons (Fsp3) is 0.650. The minimum atomic E-state index is -0.202. The number of hydrogen-bond acceptors (Lipinski definition) is 4. The van der Waals surface area contributed by atoms with E-state index < -0.39 is 0 Å². The molecule has 26 heavy (non-hydrogen) atoms. The summed E-state index contributed by atoms with van der Waals surface area (Å²) < 4.78 is 13.0. The molecular weight excluding hydrogens is 331 g/mol. The van der Waals surface area contributed by atoms with Crippen molar-refractivity contribution in [2.45, 2.75) is 37.8 Å². The van der Waals surface area contributed by atoms with Crippen molar-refractivity contribution in [1.82, 2.24) is 15.1 Å². The van der Waals surface area contributed by atoms with Crippen molar-refractivity contribution >= 4 is 11.6 Å². The van der Waals surface area contributed by atoms with Crippen LogP contribution in [-0.4, -0.2) is 73.6 Å². The Kier molecular flexibility index (Phi) is 5.41. The number of anilines is 1. The second-order valence-electron chi connectivity index (χ2n) is 7.85. The van der Waals surface area contributed by atoms with Crippen molar-refractivity contribution in [2.75, 3.05) is 50.7 Å². The monoisotopic (exact) mass is 360 g/mol. The topological polar surface area (TPSA) is 38.8 Å². The third-order valence-corrected chi connectivity index (χ3v) is 5.89. The molecule has 1 saturated carbocycles. The van der Waals surface area contributed by atoms with Gasteiger partial charge in [-0.15, -0.1) is 0 Å². The van der Waals surface area contributed by atoms with E-state index in [0.29, 0.717) is 12.6 Å².